The van der Waals surface area contributed by atoms with Gasteiger partial charge < -0.3 is 0 Å². The van der Waals surface area contributed by atoms with Gasteiger partial charge in [-0.15, -0.1) is 23.1 Å². The molecule has 0 fully saturated rings. The Labute approximate surface area is 87.4 Å². The summed E-state index contributed by atoms with van der Waals surface area (Å²) in [6.45, 7) is 6.06. The summed E-state index contributed by atoms with van der Waals surface area (Å²) in [5.41, 5.74) is 1.52. The summed E-state index contributed by atoms with van der Waals surface area (Å²) in [6.07, 6.45) is 7.57. The SMILES string of the molecule is C=Cc1sc2c(c1SCC)CC=C2. The van der Waals surface area contributed by atoms with Crippen LogP contribution in [0, 0.1) is 0 Å². The standard InChI is InChI=1S/C11H12S2/c1-3-9-11(12-4-2)8-6-5-7-10(8)13-9/h3,5,7H,1,4,6H2,2H3. The van der Waals surface area contributed by atoms with Crippen LogP contribution in [0.3, 0.4) is 0 Å². The van der Waals surface area contributed by atoms with E-state index in [0.29, 0.717) is 0 Å². The Balaban J connectivity index is 2.46. The van der Waals surface area contributed by atoms with E-state index in [4.69, 9.17) is 0 Å². The molecule has 13 heavy (non-hydrogen) atoms. The molecule has 1 heterocycles. The lowest BCUT2D eigenvalue weighted by Gasteiger charge is -1.99. The van der Waals surface area contributed by atoms with Gasteiger partial charge in [0.15, 0.2) is 0 Å². The lowest BCUT2D eigenvalue weighted by atomic mass is 10.2. The van der Waals surface area contributed by atoms with E-state index in [-0.39, 0.29) is 0 Å². The molecule has 68 valence electrons. The van der Waals surface area contributed by atoms with E-state index in [0.717, 1.165) is 12.2 Å². The predicted octanol–water partition coefficient (Wildman–Crippen LogP) is 4.07. The lowest BCUT2D eigenvalue weighted by molar-refractivity contribution is 1.24. The van der Waals surface area contributed by atoms with Crippen molar-refractivity contribution in [2.75, 3.05) is 5.75 Å². The molecule has 0 spiro atoms. The van der Waals surface area contributed by atoms with Crippen LogP contribution in [-0.4, -0.2) is 5.75 Å². The van der Waals surface area contributed by atoms with E-state index in [2.05, 4.69) is 25.7 Å². The van der Waals surface area contributed by atoms with Crippen LogP contribution in [-0.2, 0) is 6.42 Å². The third kappa shape index (κ3) is 1.49. The summed E-state index contributed by atoms with van der Waals surface area (Å²) in [5, 5.41) is 0. The summed E-state index contributed by atoms with van der Waals surface area (Å²) in [5.74, 6) is 1.14. The fourth-order valence-corrected chi connectivity index (χ4v) is 3.79. The molecular weight excluding hydrogens is 196 g/mol. The largest absolute Gasteiger partial charge is 0.135 e. The molecule has 0 N–H and O–H groups in total. The first kappa shape index (κ1) is 9.10. The third-order valence-electron chi connectivity index (χ3n) is 2.08. The molecule has 0 nitrogen and oxygen atoms in total. The molecular formula is C11H12S2. The number of hydrogen-bond acceptors (Lipinski definition) is 2. The van der Waals surface area contributed by atoms with Crippen molar-refractivity contribution < 1.29 is 0 Å². The highest BCUT2D eigenvalue weighted by molar-refractivity contribution is 7.99. The zero-order valence-electron chi connectivity index (χ0n) is 7.67. The van der Waals surface area contributed by atoms with Crippen molar-refractivity contribution in [3.63, 3.8) is 0 Å². The Morgan fingerprint density at radius 3 is 3.23 bits per heavy atom. The van der Waals surface area contributed by atoms with Crippen molar-refractivity contribution >= 4 is 35.3 Å². The Morgan fingerprint density at radius 2 is 2.54 bits per heavy atom. The first-order valence-corrected chi connectivity index (χ1v) is 6.24. The van der Waals surface area contributed by atoms with E-state index < -0.39 is 0 Å². The molecule has 0 amide bonds. The molecule has 0 radical (unpaired) electrons. The molecule has 0 aliphatic heterocycles. The van der Waals surface area contributed by atoms with Gasteiger partial charge in [-0.25, -0.2) is 0 Å². The average Bonchev–Trinajstić information content (AvgIpc) is 2.67. The first-order valence-electron chi connectivity index (χ1n) is 4.44. The van der Waals surface area contributed by atoms with Gasteiger partial charge in [-0.3, -0.25) is 0 Å². The number of rotatable bonds is 3. The first-order chi connectivity index (χ1) is 6.36. The molecule has 1 aliphatic rings. The van der Waals surface area contributed by atoms with Gasteiger partial charge in [0.05, 0.1) is 0 Å². The molecule has 0 saturated carbocycles. The average molecular weight is 208 g/mol. The molecule has 2 heteroatoms. The van der Waals surface area contributed by atoms with E-state index in [1.807, 2.05) is 29.2 Å². The summed E-state index contributed by atoms with van der Waals surface area (Å²) in [4.78, 5) is 4.24. The van der Waals surface area contributed by atoms with Crippen LogP contribution in [0.15, 0.2) is 17.6 Å². The molecule has 0 aromatic carbocycles. The highest BCUT2D eigenvalue weighted by Gasteiger charge is 2.16. The van der Waals surface area contributed by atoms with Crippen LogP contribution in [0.25, 0.3) is 12.2 Å². The van der Waals surface area contributed by atoms with Gasteiger partial charge in [-0.1, -0.05) is 25.7 Å². The second-order valence-corrected chi connectivity index (χ2v) is 5.24. The Hall–Kier alpha value is -0.470. The highest BCUT2D eigenvalue weighted by Crippen LogP contribution is 2.40. The zero-order chi connectivity index (χ0) is 9.26. The number of fused-ring (bicyclic) bond motifs is 1. The number of thioether (sulfide) groups is 1. The maximum Gasteiger partial charge on any atom is 0.0409 e. The zero-order valence-corrected chi connectivity index (χ0v) is 9.30. The minimum absolute atomic E-state index is 1.11. The Bertz CT molecular complexity index is 358. The quantitative estimate of drug-likeness (QED) is 0.675. The molecule has 1 aliphatic carbocycles. The maximum absolute atomic E-state index is 3.86. The van der Waals surface area contributed by atoms with Crippen LogP contribution < -0.4 is 0 Å². The van der Waals surface area contributed by atoms with E-state index in [1.165, 1.54) is 20.2 Å². The van der Waals surface area contributed by atoms with Gasteiger partial charge in [0.25, 0.3) is 0 Å². The minimum atomic E-state index is 1.11. The van der Waals surface area contributed by atoms with Crippen molar-refractivity contribution in [2.45, 2.75) is 18.2 Å². The molecule has 1 aromatic heterocycles. The van der Waals surface area contributed by atoms with Crippen molar-refractivity contribution in [2.24, 2.45) is 0 Å². The van der Waals surface area contributed by atoms with Gasteiger partial charge in [0.1, 0.15) is 0 Å². The number of hydrogen-bond donors (Lipinski definition) is 0. The van der Waals surface area contributed by atoms with Crippen LogP contribution in [0.1, 0.15) is 22.2 Å². The van der Waals surface area contributed by atoms with Gasteiger partial charge in [-0.05, 0) is 23.8 Å². The summed E-state index contributed by atoms with van der Waals surface area (Å²) >= 11 is 3.80. The van der Waals surface area contributed by atoms with Gasteiger partial charge in [-0.2, -0.15) is 0 Å². The van der Waals surface area contributed by atoms with Crippen molar-refractivity contribution in [1.29, 1.82) is 0 Å². The summed E-state index contributed by atoms with van der Waals surface area (Å²) in [7, 11) is 0. The maximum atomic E-state index is 3.86. The van der Waals surface area contributed by atoms with Crippen LogP contribution in [0.5, 0.6) is 0 Å². The minimum Gasteiger partial charge on any atom is -0.135 e. The molecule has 2 rings (SSSR count). The predicted molar refractivity (Wildman–Crippen MR) is 63.5 cm³/mol. The van der Waals surface area contributed by atoms with E-state index >= 15 is 0 Å². The highest BCUT2D eigenvalue weighted by atomic mass is 32.2. The summed E-state index contributed by atoms with van der Waals surface area (Å²) < 4.78 is 0. The fourth-order valence-electron chi connectivity index (χ4n) is 1.54. The van der Waals surface area contributed by atoms with Crippen molar-refractivity contribution in [1.82, 2.24) is 0 Å². The summed E-state index contributed by atoms with van der Waals surface area (Å²) in [6, 6.07) is 0. The lowest BCUT2D eigenvalue weighted by Crippen LogP contribution is -1.80. The van der Waals surface area contributed by atoms with E-state index in [9.17, 15) is 0 Å². The van der Waals surface area contributed by atoms with Crippen LogP contribution in [0.2, 0.25) is 0 Å². The molecule has 0 bridgehead atoms. The van der Waals surface area contributed by atoms with Crippen LogP contribution >= 0.6 is 23.1 Å². The van der Waals surface area contributed by atoms with Gasteiger partial charge in [0, 0.05) is 14.6 Å². The van der Waals surface area contributed by atoms with Crippen molar-refractivity contribution in [3.05, 3.63) is 28.0 Å². The molecule has 0 unspecified atom stereocenters. The molecule has 0 saturated heterocycles. The fraction of sp³-hybridized carbons (Fsp3) is 0.273. The number of thiophene rings is 1. The third-order valence-corrected chi connectivity index (χ3v) is 4.45. The Kier molecular flexibility index (Phi) is 2.61. The smallest absolute Gasteiger partial charge is 0.0409 e. The second-order valence-electron chi connectivity index (χ2n) is 2.88. The molecule has 0 atom stereocenters. The second kappa shape index (κ2) is 3.72. The van der Waals surface area contributed by atoms with Crippen LogP contribution in [0.4, 0.5) is 0 Å². The van der Waals surface area contributed by atoms with Gasteiger partial charge >= 0.3 is 0 Å². The van der Waals surface area contributed by atoms with Crippen molar-refractivity contribution in [3.8, 4) is 0 Å². The number of allylic oxidation sites excluding steroid dienone is 1. The van der Waals surface area contributed by atoms with E-state index in [1.54, 1.807) is 0 Å². The topological polar surface area (TPSA) is 0 Å². The van der Waals surface area contributed by atoms with Gasteiger partial charge in [0.2, 0.25) is 0 Å². The Morgan fingerprint density at radius 1 is 1.69 bits per heavy atom. The monoisotopic (exact) mass is 208 g/mol. The molecule has 1 aromatic rings. The normalized spacial score (nSPS) is 13.3.